The summed E-state index contributed by atoms with van der Waals surface area (Å²) < 4.78 is 6.55. The number of methoxy groups -OCH3 is 1. The second kappa shape index (κ2) is 8.26. The highest BCUT2D eigenvalue weighted by atomic mass is 35.5. The summed E-state index contributed by atoms with van der Waals surface area (Å²) in [5.41, 5.74) is 0.881. The van der Waals surface area contributed by atoms with Crippen LogP contribution in [0.15, 0.2) is 30.5 Å². The molecule has 1 N–H and O–H groups in total. The smallest absolute Gasteiger partial charge is 0.328 e. The van der Waals surface area contributed by atoms with E-state index in [9.17, 15) is 9.59 Å². The number of esters is 1. The van der Waals surface area contributed by atoms with Crippen LogP contribution in [0.5, 0.6) is 0 Å². The van der Waals surface area contributed by atoms with Gasteiger partial charge in [-0.1, -0.05) is 17.7 Å². The number of carbonyl (C=O) groups excluding carboxylic acids is 2. The topological polar surface area (TPSA) is 60.3 Å². The molecular formula is C16H19ClN2O3S. The van der Waals surface area contributed by atoms with Gasteiger partial charge in [0.05, 0.1) is 7.11 Å². The highest BCUT2D eigenvalue weighted by Crippen LogP contribution is 2.24. The summed E-state index contributed by atoms with van der Waals surface area (Å²) in [7, 11) is 1.32. The van der Waals surface area contributed by atoms with Crippen molar-refractivity contribution >= 4 is 46.1 Å². The minimum absolute atomic E-state index is 0.122. The number of thioether (sulfide) groups is 1. The zero-order valence-corrected chi connectivity index (χ0v) is 14.6. The average Bonchev–Trinajstić information content (AvgIpc) is 2.95. The largest absolute Gasteiger partial charge is 0.467 e. The molecular weight excluding hydrogens is 336 g/mol. The molecule has 1 aromatic heterocycles. The molecule has 0 spiro atoms. The molecule has 5 nitrogen and oxygen atoms in total. The van der Waals surface area contributed by atoms with Gasteiger partial charge in [0.25, 0.3) is 0 Å². The maximum atomic E-state index is 12.3. The Balaban J connectivity index is 2.07. The van der Waals surface area contributed by atoms with Gasteiger partial charge < -0.3 is 14.6 Å². The molecule has 0 aliphatic rings. The average molecular weight is 355 g/mol. The van der Waals surface area contributed by atoms with Gasteiger partial charge in [-0.05, 0) is 36.6 Å². The lowest BCUT2D eigenvalue weighted by Gasteiger charge is -2.16. The van der Waals surface area contributed by atoms with E-state index in [1.54, 1.807) is 16.3 Å². The zero-order chi connectivity index (χ0) is 16.8. The van der Waals surface area contributed by atoms with Crippen LogP contribution in [0, 0.1) is 0 Å². The van der Waals surface area contributed by atoms with Crippen molar-refractivity contribution in [1.29, 1.82) is 0 Å². The molecule has 0 radical (unpaired) electrons. The molecule has 124 valence electrons. The number of amides is 1. The molecule has 7 heteroatoms. The standard InChI is InChI=1S/C16H19ClN2O3S/c1-22-16(21)13(7-9-23-2)18-15(20)10-19-8-6-11-12(17)4-3-5-14(11)19/h3-6,8,13H,7,9-10H2,1-2H3,(H,18,20)/t13-/m0/s1. The van der Waals surface area contributed by atoms with E-state index in [-0.39, 0.29) is 12.5 Å². The van der Waals surface area contributed by atoms with E-state index in [0.29, 0.717) is 11.4 Å². The number of rotatable bonds is 7. The number of nitrogens with zero attached hydrogens (tertiary/aromatic N) is 1. The van der Waals surface area contributed by atoms with E-state index in [0.717, 1.165) is 16.7 Å². The van der Waals surface area contributed by atoms with E-state index >= 15 is 0 Å². The van der Waals surface area contributed by atoms with E-state index in [1.807, 2.05) is 36.7 Å². The predicted molar refractivity (Wildman–Crippen MR) is 93.9 cm³/mol. The first-order valence-electron chi connectivity index (χ1n) is 7.16. The molecule has 1 amide bonds. The Bertz CT molecular complexity index is 702. The molecule has 0 aliphatic carbocycles. The van der Waals surface area contributed by atoms with Crippen molar-refractivity contribution in [2.24, 2.45) is 0 Å². The van der Waals surface area contributed by atoms with Gasteiger partial charge in [-0.15, -0.1) is 0 Å². The fourth-order valence-electron chi connectivity index (χ4n) is 2.35. The number of nitrogens with one attached hydrogen (secondary N) is 1. The monoisotopic (exact) mass is 354 g/mol. The first kappa shape index (κ1) is 17.7. The third-order valence-corrected chi connectivity index (χ3v) is 4.48. The highest BCUT2D eigenvalue weighted by molar-refractivity contribution is 7.98. The molecule has 2 rings (SSSR count). The quantitative estimate of drug-likeness (QED) is 0.777. The Kier molecular flexibility index (Phi) is 6.36. The van der Waals surface area contributed by atoms with Gasteiger partial charge in [0.1, 0.15) is 12.6 Å². The Labute approximate surface area is 144 Å². The lowest BCUT2D eigenvalue weighted by atomic mass is 10.2. The number of carbonyl (C=O) groups is 2. The second-order valence-corrected chi connectivity index (χ2v) is 6.43. The first-order chi connectivity index (χ1) is 11.1. The normalized spacial score (nSPS) is 12.1. The van der Waals surface area contributed by atoms with Crippen LogP contribution in [0.25, 0.3) is 10.9 Å². The molecule has 1 atom stereocenters. The third kappa shape index (κ3) is 4.42. The number of halogens is 1. The van der Waals surface area contributed by atoms with Gasteiger partial charge in [-0.3, -0.25) is 4.79 Å². The number of hydrogen-bond acceptors (Lipinski definition) is 4. The van der Waals surface area contributed by atoms with Crippen LogP contribution in [0.2, 0.25) is 5.02 Å². The molecule has 1 heterocycles. The lowest BCUT2D eigenvalue weighted by Crippen LogP contribution is -2.43. The van der Waals surface area contributed by atoms with Gasteiger partial charge in [-0.2, -0.15) is 11.8 Å². The highest BCUT2D eigenvalue weighted by Gasteiger charge is 2.21. The number of benzene rings is 1. The van der Waals surface area contributed by atoms with Gasteiger partial charge in [0.2, 0.25) is 5.91 Å². The fraction of sp³-hybridized carbons (Fsp3) is 0.375. The van der Waals surface area contributed by atoms with Crippen LogP contribution in [0.3, 0.4) is 0 Å². The maximum Gasteiger partial charge on any atom is 0.328 e. The lowest BCUT2D eigenvalue weighted by molar-refractivity contribution is -0.145. The minimum atomic E-state index is -0.620. The SMILES string of the molecule is COC(=O)[C@H](CCSC)NC(=O)Cn1ccc2c(Cl)cccc21. The van der Waals surface area contributed by atoms with Crippen molar-refractivity contribution in [3.8, 4) is 0 Å². The van der Waals surface area contributed by atoms with Crippen molar-refractivity contribution in [1.82, 2.24) is 9.88 Å². The van der Waals surface area contributed by atoms with Crippen molar-refractivity contribution in [2.45, 2.75) is 19.0 Å². The Hall–Kier alpha value is -1.66. The summed E-state index contributed by atoms with van der Waals surface area (Å²) in [6, 6.07) is 6.81. The fourth-order valence-corrected chi connectivity index (χ4v) is 3.05. The van der Waals surface area contributed by atoms with Gasteiger partial charge in [0.15, 0.2) is 0 Å². The number of hydrogen-bond donors (Lipinski definition) is 1. The second-order valence-electron chi connectivity index (χ2n) is 5.04. The molecule has 1 aromatic carbocycles. The zero-order valence-electron chi connectivity index (χ0n) is 13.0. The number of ether oxygens (including phenoxy) is 1. The van der Waals surface area contributed by atoms with Crippen molar-refractivity contribution in [2.75, 3.05) is 19.1 Å². The minimum Gasteiger partial charge on any atom is -0.467 e. The maximum absolute atomic E-state index is 12.3. The molecule has 0 aliphatic heterocycles. The van der Waals surface area contributed by atoms with E-state index in [2.05, 4.69) is 5.32 Å². The van der Waals surface area contributed by atoms with E-state index in [1.165, 1.54) is 7.11 Å². The molecule has 0 fully saturated rings. The summed E-state index contributed by atoms with van der Waals surface area (Å²) in [6.45, 7) is 0.122. The third-order valence-electron chi connectivity index (χ3n) is 3.51. The van der Waals surface area contributed by atoms with Crippen LogP contribution in [0.1, 0.15) is 6.42 Å². The number of fused-ring (bicyclic) bond motifs is 1. The van der Waals surface area contributed by atoms with E-state index in [4.69, 9.17) is 16.3 Å². The van der Waals surface area contributed by atoms with Crippen LogP contribution in [0.4, 0.5) is 0 Å². The molecule has 2 aromatic rings. The number of aromatic nitrogens is 1. The molecule has 0 saturated heterocycles. The molecule has 0 saturated carbocycles. The van der Waals surface area contributed by atoms with E-state index < -0.39 is 12.0 Å². The van der Waals surface area contributed by atoms with Crippen molar-refractivity contribution in [3.05, 3.63) is 35.5 Å². The van der Waals surface area contributed by atoms with Crippen LogP contribution >= 0.6 is 23.4 Å². The Morgan fingerprint density at radius 2 is 2.17 bits per heavy atom. The van der Waals surface area contributed by atoms with Gasteiger partial charge in [0, 0.05) is 22.1 Å². The Morgan fingerprint density at radius 3 is 2.87 bits per heavy atom. The molecule has 0 unspecified atom stereocenters. The first-order valence-corrected chi connectivity index (χ1v) is 8.93. The van der Waals surface area contributed by atoms with Crippen LogP contribution in [-0.2, 0) is 20.9 Å². The van der Waals surface area contributed by atoms with Crippen molar-refractivity contribution in [3.63, 3.8) is 0 Å². The van der Waals surface area contributed by atoms with Gasteiger partial charge >= 0.3 is 5.97 Å². The summed E-state index contributed by atoms with van der Waals surface area (Å²) in [5.74, 6) is 0.106. The molecule has 23 heavy (non-hydrogen) atoms. The van der Waals surface area contributed by atoms with Crippen LogP contribution in [-0.4, -0.2) is 41.6 Å². The summed E-state index contributed by atoms with van der Waals surface area (Å²) in [6.07, 6.45) is 4.30. The summed E-state index contributed by atoms with van der Waals surface area (Å²) >= 11 is 7.75. The van der Waals surface area contributed by atoms with Crippen LogP contribution < -0.4 is 5.32 Å². The summed E-state index contributed by atoms with van der Waals surface area (Å²) in [5, 5.41) is 4.28. The molecule has 0 bridgehead atoms. The Morgan fingerprint density at radius 1 is 1.39 bits per heavy atom. The summed E-state index contributed by atoms with van der Waals surface area (Å²) in [4.78, 5) is 24.0. The van der Waals surface area contributed by atoms with Gasteiger partial charge in [-0.25, -0.2) is 4.79 Å². The predicted octanol–water partition coefficient (Wildman–Crippen LogP) is 2.71. The van der Waals surface area contributed by atoms with Crippen molar-refractivity contribution < 1.29 is 14.3 Å².